The van der Waals surface area contributed by atoms with Gasteiger partial charge in [0.1, 0.15) is 0 Å². The second kappa shape index (κ2) is 16.2. The molecule has 7 heavy (non-hydrogen) atoms. The van der Waals surface area contributed by atoms with Crippen LogP contribution in [0.25, 0.3) is 0 Å². The van der Waals surface area contributed by atoms with Crippen LogP contribution in [0.3, 0.4) is 0 Å². The van der Waals surface area contributed by atoms with Gasteiger partial charge in [0.25, 0.3) is 0 Å². The van der Waals surface area contributed by atoms with Gasteiger partial charge in [0.2, 0.25) is 0 Å². The molecule has 0 rings (SSSR count). The molecule has 0 aliphatic carbocycles. The van der Waals surface area contributed by atoms with E-state index in [9.17, 15) is 0 Å². The first-order chi connectivity index (χ1) is 1.73. The quantitative estimate of drug-likeness (QED) is 0.436. The van der Waals surface area contributed by atoms with Crippen LogP contribution in [0.1, 0.15) is 0 Å². The largest absolute Gasteiger partial charge is 1.00 e. The molecule has 0 unspecified atom stereocenters. The van der Waals surface area contributed by atoms with Gasteiger partial charge in [-0.25, -0.2) is 0 Å². The minimum Gasteiger partial charge on any atom is 1.00 e. The molecular formula is H4Cl3CsCuO2. The van der Waals surface area contributed by atoms with E-state index in [1.165, 1.54) is 0 Å². The predicted octanol–water partition coefficient (Wildman–Crippen LogP) is -2.58. The zero-order valence-corrected chi connectivity index (χ0v) is 12.9. The molecule has 0 aliphatic rings. The molecular weight excluding hydrogens is 335 g/mol. The number of hydrogen-bond acceptors (Lipinski definition) is 0. The van der Waals surface area contributed by atoms with Gasteiger partial charge in [-0.2, -0.15) is 0 Å². The van der Waals surface area contributed by atoms with E-state index < -0.39 is 11.2 Å². The Hall–Kier alpha value is 3.36. The molecule has 0 aromatic heterocycles. The smallest absolute Gasteiger partial charge is 1.00 e. The average molecular weight is 339 g/mol. The topological polar surface area (TPSA) is 63.0 Å². The summed E-state index contributed by atoms with van der Waals surface area (Å²) in [6.07, 6.45) is 0. The van der Waals surface area contributed by atoms with Gasteiger partial charge in [-0.1, -0.05) is 0 Å². The van der Waals surface area contributed by atoms with E-state index in [1.807, 2.05) is 0 Å². The van der Waals surface area contributed by atoms with Crippen molar-refractivity contribution in [3.8, 4) is 0 Å². The van der Waals surface area contributed by atoms with Gasteiger partial charge in [-0.3, -0.25) is 0 Å². The van der Waals surface area contributed by atoms with E-state index in [-0.39, 0.29) is 79.8 Å². The van der Waals surface area contributed by atoms with Crippen molar-refractivity contribution in [1.82, 2.24) is 0 Å². The van der Waals surface area contributed by atoms with Crippen molar-refractivity contribution in [1.29, 1.82) is 0 Å². The molecule has 0 amide bonds. The second-order valence-corrected chi connectivity index (χ2v) is 4.80. The van der Waals surface area contributed by atoms with Crippen molar-refractivity contribution in [3.05, 3.63) is 0 Å². The summed E-state index contributed by atoms with van der Waals surface area (Å²) >= 11 is -0.896. The van der Waals surface area contributed by atoms with Crippen LogP contribution in [-0.2, 0) is 11.2 Å². The third kappa shape index (κ3) is 44.9. The van der Waals surface area contributed by atoms with Crippen LogP contribution < -0.4 is 68.9 Å². The van der Waals surface area contributed by atoms with Crippen molar-refractivity contribution in [3.63, 3.8) is 0 Å². The maximum atomic E-state index is 4.83. The van der Waals surface area contributed by atoms with Gasteiger partial charge < -0.3 is 11.0 Å². The van der Waals surface area contributed by atoms with Gasteiger partial charge in [0.15, 0.2) is 0 Å². The average Bonchev–Trinajstić information content (AvgIpc) is 0.811. The molecule has 0 aliphatic heterocycles. The van der Waals surface area contributed by atoms with E-state index in [2.05, 4.69) is 0 Å². The van der Waals surface area contributed by atoms with Crippen molar-refractivity contribution in [2.75, 3.05) is 0 Å². The molecule has 0 heterocycles. The number of rotatable bonds is 0. The monoisotopic (exact) mass is 337 g/mol. The molecule has 0 aromatic carbocycles. The summed E-state index contributed by atoms with van der Waals surface area (Å²) in [5, 5.41) is 0. The summed E-state index contributed by atoms with van der Waals surface area (Å²) in [5.74, 6) is 0. The van der Waals surface area contributed by atoms with Crippen LogP contribution >= 0.6 is 30.3 Å². The Labute approximate surface area is 118 Å². The molecule has 0 saturated heterocycles. The first-order valence-corrected chi connectivity index (χ1v) is 4.23. The Morgan fingerprint density at radius 3 is 0.857 bits per heavy atom. The Balaban J connectivity index is -0.0000000150. The molecule has 4 N–H and O–H groups in total. The third-order valence-corrected chi connectivity index (χ3v) is 0. The molecule has 7 heteroatoms. The molecule has 0 atom stereocenters. The summed E-state index contributed by atoms with van der Waals surface area (Å²) in [5.41, 5.74) is 0. The Bertz CT molecular complexity index is 17.7. The molecule has 0 saturated carbocycles. The minimum atomic E-state index is -0.896. The molecule has 0 bridgehead atoms. The molecule has 2 nitrogen and oxygen atoms in total. The van der Waals surface area contributed by atoms with Crippen LogP contribution in [0.4, 0.5) is 0 Å². The van der Waals surface area contributed by atoms with Gasteiger partial charge in [-0.15, -0.1) is 0 Å². The van der Waals surface area contributed by atoms with Crippen LogP contribution in [0.5, 0.6) is 0 Å². The van der Waals surface area contributed by atoms with Crippen molar-refractivity contribution in [2.45, 2.75) is 0 Å². The zero-order chi connectivity index (χ0) is 3.58. The van der Waals surface area contributed by atoms with Gasteiger partial charge in [0.05, 0.1) is 0 Å². The second-order valence-electron chi connectivity index (χ2n) is 0.129. The first-order valence-electron chi connectivity index (χ1n) is 0.342. The normalized spacial score (nSPS) is 6.43. The molecule has 0 fully saturated rings. The Morgan fingerprint density at radius 2 is 0.857 bits per heavy atom. The zero-order valence-electron chi connectivity index (χ0n) is 3.44. The van der Waals surface area contributed by atoms with E-state index in [1.54, 1.807) is 0 Å². The van der Waals surface area contributed by atoms with Crippen molar-refractivity contribution >= 4 is 30.3 Å². The Kier molecular flexibility index (Phi) is 51.8. The Morgan fingerprint density at radius 1 is 0.857 bits per heavy atom. The summed E-state index contributed by atoms with van der Waals surface area (Å²) < 4.78 is 0. The fraction of sp³-hybridized carbons (Fsp3) is 0. The van der Waals surface area contributed by atoms with E-state index in [4.69, 9.17) is 30.3 Å². The fourth-order valence-electron chi connectivity index (χ4n) is 0. The molecule has 0 aromatic rings. The van der Waals surface area contributed by atoms with E-state index in [0.29, 0.717) is 0 Å². The van der Waals surface area contributed by atoms with Gasteiger partial charge in [0, 0.05) is 0 Å². The summed E-state index contributed by atoms with van der Waals surface area (Å²) in [7, 11) is 14.5. The van der Waals surface area contributed by atoms with E-state index in [0.717, 1.165) is 0 Å². The maximum absolute atomic E-state index is 4.83. The van der Waals surface area contributed by atoms with Crippen LogP contribution in [0.15, 0.2) is 0 Å². The first kappa shape index (κ1) is 22.4. The predicted molar refractivity (Wildman–Crippen MR) is 24.8 cm³/mol. The fourth-order valence-corrected chi connectivity index (χ4v) is 0. The summed E-state index contributed by atoms with van der Waals surface area (Å²) in [6.45, 7) is 0. The molecule has 0 radical (unpaired) electrons. The SMILES string of the molecule is O.O.[Cl][Cu-]([Cl])[Cl].[Cs+]. The molecule has 0 spiro atoms. The number of halogens is 3. The van der Waals surface area contributed by atoms with Gasteiger partial charge >= 0.3 is 110 Å². The van der Waals surface area contributed by atoms with E-state index >= 15 is 0 Å². The summed E-state index contributed by atoms with van der Waals surface area (Å²) in [4.78, 5) is 0. The maximum Gasteiger partial charge on any atom is 1.00 e. The van der Waals surface area contributed by atoms with Crippen LogP contribution in [-0.4, -0.2) is 11.0 Å². The van der Waals surface area contributed by atoms with Crippen molar-refractivity contribution in [2.24, 2.45) is 0 Å². The van der Waals surface area contributed by atoms with Gasteiger partial charge in [-0.05, 0) is 0 Å². The van der Waals surface area contributed by atoms with Crippen LogP contribution in [0, 0.1) is 0 Å². The standard InChI is InChI=1S/3ClH.Cs.Cu.2H2O/h3*1H;;;2*1H2/q;;;+1;+2;;/p-3. The minimum absolute atomic E-state index is 0. The molecule has 49 valence electrons. The van der Waals surface area contributed by atoms with Crippen molar-refractivity contribution < 1.29 is 91.0 Å². The summed E-state index contributed by atoms with van der Waals surface area (Å²) in [6, 6.07) is 0. The third-order valence-electron chi connectivity index (χ3n) is 0. The van der Waals surface area contributed by atoms with Crippen LogP contribution in [0.2, 0.25) is 0 Å². The number of hydrogen-bond donors (Lipinski definition) is 0.